The Morgan fingerprint density at radius 2 is 1.66 bits per heavy atom. The van der Waals surface area contributed by atoms with Crippen LogP contribution in [-0.2, 0) is 9.59 Å². The summed E-state index contributed by atoms with van der Waals surface area (Å²) in [5, 5.41) is 14.4. The third-order valence-corrected chi connectivity index (χ3v) is 7.67. The van der Waals surface area contributed by atoms with Crippen LogP contribution >= 0.6 is 0 Å². The number of benzene rings is 2. The molecule has 3 amide bonds. The summed E-state index contributed by atoms with van der Waals surface area (Å²) in [7, 11) is 0. The van der Waals surface area contributed by atoms with E-state index in [9.17, 15) is 19.2 Å². The van der Waals surface area contributed by atoms with E-state index in [0.29, 0.717) is 42.8 Å². The predicted octanol–water partition coefficient (Wildman–Crippen LogP) is 3.07. The summed E-state index contributed by atoms with van der Waals surface area (Å²) in [6.07, 6.45) is 1.39. The molecule has 2 aromatic rings. The van der Waals surface area contributed by atoms with Crippen molar-refractivity contribution >= 4 is 23.7 Å². The lowest BCUT2D eigenvalue weighted by Crippen LogP contribution is -2.51. The zero-order valence-electron chi connectivity index (χ0n) is 22.0. The normalized spacial score (nSPS) is 22.5. The Balaban J connectivity index is 0.000000180. The van der Waals surface area contributed by atoms with Crippen molar-refractivity contribution in [3.63, 3.8) is 0 Å². The zero-order valence-corrected chi connectivity index (χ0v) is 22.0. The van der Waals surface area contributed by atoms with E-state index in [1.807, 2.05) is 19.1 Å². The largest absolute Gasteiger partial charge is 0.465 e. The molecular weight excluding hydrogens is 484 g/mol. The number of aryl methyl sites for hydroxylation is 2. The average Bonchev–Trinajstić information content (AvgIpc) is 3.47. The number of piperazine rings is 1. The maximum absolute atomic E-state index is 12.6. The van der Waals surface area contributed by atoms with E-state index >= 15 is 0 Å². The van der Waals surface area contributed by atoms with Crippen molar-refractivity contribution in [3.8, 4) is 0 Å². The van der Waals surface area contributed by atoms with E-state index < -0.39 is 12.1 Å². The standard InChI is InChI=1S/C15H18N2O4.C14H18N2O/c1-10-4-2-3-5-11(10)14(19)12-6-7-13(18)17(12)9-8-16-15(20)21;1-10-4-2-3-5-11(10)14-12-6-7-13(17)16(12)9-8-15-14/h2-5,12,16H,6-9H2,1H3,(H,20,21);2-5,12,14-15H,6-9H2,1H3. The second-order valence-electron chi connectivity index (χ2n) is 10.0. The average molecular weight is 521 g/mol. The molecule has 3 saturated heterocycles. The van der Waals surface area contributed by atoms with E-state index in [1.54, 1.807) is 12.1 Å². The molecule has 9 nitrogen and oxygen atoms in total. The van der Waals surface area contributed by atoms with Crippen LogP contribution < -0.4 is 10.6 Å². The van der Waals surface area contributed by atoms with Crippen LogP contribution in [0.2, 0.25) is 0 Å². The first kappa shape index (κ1) is 27.3. The van der Waals surface area contributed by atoms with Crippen LogP contribution in [0.5, 0.6) is 0 Å². The molecule has 3 fully saturated rings. The Morgan fingerprint density at radius 1 is 0.974 bits per heavy atom. The molecule has 38 heavy (non-hydrogen) atoms. The van der Waals surface area contributed by atoms with Crippen molar-refractivity contribution < 1.29 is 24.3 Å². The van der Waals surface area contributed by atoms with Crippen LogP contribution in [0.3, 0.4) is 0 Å². The number of ketones is 1. The highest BCUT2D eigenvalue weighted by molar-refractivity contribution is 6.04. The van der Waals surface area contributed by atoms with Crippen molar-refractivity contribution in [2.45, 2.75) is 57.7 Å². The lowest BCUT2D eigenvalue weighted by molar-refractivity contribution is -0.130. The van der Waals surface area contributed by atoms with Gasteiger partial charge in [0.05, 0.1) is 18.1 Å². The SMILES string of the molecule is Cc1ccccc1C(=O)C1CCC(=O)N1CCNC(=O)O.Cc1ccccc1C1NCCN2C(=O)CCC12. The molecular formula is C29H36N4O5. The number of hydrogen-bond acceptors (Lipinski definition) is 5. The van der Waals surface area contributed by atoms with Crippen molar-refractivity contribution in [2.75, 3.05) is 26.2 Å². The Bertz CT molecular complexity index is 1200. The number of carboxylic acid groups (broad SMARTS) is 1. The summed E-state index contributed by atoms with van der Waals surface area (Å²) >= 11 is 0. The highest BCUT2D eigenvalue weighted by atomic mass is 16.4. The van der Waals surface area contributed by atoms with Crippen LogP contribution in [0.15, 0.2) is 48.5 Å². The molecule has 0 aromatic heterocycles. The number of carbonyl (C=O) groups is 4. The summed E-state index contributed by atoms with van der Waals surface area (Å²) in [6, 6.07) is 15.9. The molecule has 0 spiro atoms. The highest BCUT2D eigenvalue weighted by Gasteiger charge is 2.40. The maximum atomic E-state index is 12.6. The quantitative estimate of drug-likeness (QED) is 0.504. The zero-order chi connectivity index (χ0) is 27.2. The molecule has 0 bridgehead atoms. The van der Waals surface area contributed by atoms with Gasteiger partial charge in [-0.1, -0.05) is 48.5 Å². The highest BCUT2D eigenvalue weighted by Crippen LogP contribution is 2.33. The van der Waals surface area contributed by atoms with Gasteiger partial charge in [0, 0.05) is 44.6 Å². The van der Waals surface area contributed by atoms with E-state index in [-0.39, 0.29) is 24.8 Å². The van der Waals surface area contributed by atoms with E-state index in [2.05, 4.69) is 46.7 Å². The van der Waals surface area contributed by atoms with Gasteiger partial charge in [-0.15, -0.1) is 0 Å². The van der Waals surface area contributed by atoms with Gasteiger partial charge in [-0.3, -0.25) is 14.4 Å². The molecule has 202 valence electrons. The minimum Gasteiger partial charge on any atom is -0.465 e. The van der Waals surface area contributed by atoms with Gasteiger partial charge in [0.1, 0.15) is 0 Å². The minimum atomic E-state index is -1.14. The Hall–Kier alpha value is -3.72. The Kier molecular flexibility index (Phi) is 8.78. The Morgan fingerprint density at radius 3 is 2.37 bits per heavy atom. The van der Waals surface area contributed by atoms with Gasteiger partial charge in [0.15, 0.2) is 5.78 Å². The van der Waals surface area contributed by atoms with Crippen LogP contribution in [0.1, 0.15) is 58.8 Å². The van der Waals surface area contributed by atoms with E-state index in [0.717, 1.165) is 25.1 Å². The molecule has 3 aliphatic rings. The second kappa shape index (κ2) is 12.2. The Labute approximate surface area is 223 Å². The molecule has 9 heteroatoms. The minimum absolute atomic E-state index is 0.0747. The van der Waals surface area contributed by atoms with Gasteiger partial charge in [0.2, 0.25) is 11.8 Å². The predicted molar refractivity (Wildman–Crippen MR) is 143 cm³/mol. The van der Waals surface area contributed by atoms with Crippen LogP contribution in [0.25, 0.3) is 0 Å². The number of nitrogens with zero attached hydrogens (tertiary/aromatic N) is 2. The van der Waals surface area contributed by atoms with Crippen LogP contribution in [0.4, 0.5) is 4.79 Å². The van der Waals surface area contributed by atoms with Gasteiger partial charge < -0.3 is 25.5 Å². The molecule has 3 N–H and O–H groups in total. The number of fused-ring (bicyclic) bond motifs is 1. The number of amides is 3. The molecule has 3 aliphatic heterocycles. The van der Waals surface area contributed by atoms with Crippen molar-refractivity contribution in [1.82, 2.24) is 20.4 Å². The second-order valence-corrected chi connectivity index (χ2v) is 10.0. The summed E-state index contributed by atoms with van der Waals surface area (Å²) in [5.41, 5.74) is 4.15. The fraction of sp³-hybridized carbons (Fsp3) is 0.448. The number of Topliss-reactive ketones (excluding diaryl/α,β-unsaturated/α-hetero) is 1. The first-order valence-corrected chi connectivity index (χ1v) is 13.2. The molecule has 0 radical (unpaired) electrons. The molecule has 0 saturated carbocycles. The van der Waals surface area contributed by atoms with E-state index in [4.69, 9.17) is 5.11 Å². The topological polar surface area (TPSA) is 119 Å². The number of likely N-dealkylation sites (tertiary alicyclic amines) is 1. The van der Waals surface area contributed by atoms with Crippen LogP contribution in [0, 0.1) is 13.8 Å². The number of hydrogen-bond donors (Lipinski definition) is 3. The van der Waals surface area contributed by atoms with Crippen molar-refractivity contribution in [2.24, 2.45) is 0 Å². The molecule has 3 heterocycles. The molecule has 0 aliphatic carbocycles. The first-order chi connectivity index (χ1) is 18.3. The molecule has 3 unspecified atom stereocenters. The fourth-order valence-corrected chi connectivity index (χ4v) is 5.72. The van der Waals surface area contributed by atoms with Gasteiger partial charge in [-0.05, 0) is 43.4 Å². The smallest absolute Gasteiger partial charge is 0.404 e. The first-order valence-electron chi connectivity index (χ1n) is 13.2. The lowest BCUT2D eigenvalue weighted by atomic mass is 9.92. The maximum Gasteiger partial charge on any atom is 0.404 e. The van der Waals surface area contributed by atoms with Crippen LogP contribution in [-0.4, -0.2) is 76.9 Å². The van der Waals surface area contributed by atoms with Gasteiger partial charge in [-0.25, -0.2) is 4.79 Å². The summed E-state index contributed by atoms with van der Waals surface area (Å²) in [5.74, 6) is 0.151. The van der Waals surface area contributed by atoms with Gasteiger partial charge >= 0.3 is 6.09 Å². The lowest BCUT2D eigenvalue weighted by Gasteiger charge is -2.38. The van der Waals surface area contributed by atoms with Crippen molar-refractivity contribution in [3.05, 3.63) is 70.8 Å². The third kappa shape index (κ3) is 6.05. The monoisotopic (exact) mass is 520 g/mol. The third-order valence-electron chi connectivity index (χ3n) is 7.67. The van der Waals surface area contributed by atoms with Gasteiger partial charge in [0.25, 0.3) is 0 Å². The summed E-state index contributed by atoms with van der Waals surface area (Å²) in [6.45, 7) is 6.12. The van der Waals surface area contributed by atoms with Crippen molar-refractivity contribution in [1.29, 1.82) is 0 Å². The molecule has 5 rings (SSSR count). The summed E-state index contributed by atoms with van der Waals surface area (Å²) < 4.78 is 0. The number of nitrogens with one attached hydrogen (secondary N) is 2. The number of carbonyl (C=O) groups excluding carboxylic acids is 3. The fourth-order valence-electron chi connectivity index (χ4n) is 5.72. The summed E-state index contributed by atoms with van der Waals surface area (Å²) in [4.78, 5) is 50.2. The molecule has 3 atom stereocenters. The van der Waals surface area contributed by atoms with Gasteiger partial charge in [-0.2, -0.15) is 0 Å². The van der Waals surface area contributed by atoms with E-state index in [1.165, 1.54) is 16.0 Å². The molecule has 2 aromatic carbocycles. The number of rotatable bonds is 6.